The third kappa shape index (κ3) is 4.77. The van der Waals surface area contributed by atoms with Gasteiger partial charge < -0.3 is 24.3 Å². The maximum Gasteiger partial charge on any atom is 0.339 e. The highest BCUT2D eigenvalue weighted by Gasteiger charge is 2.26. The lowest BCUT2D eigenvalue weighted by molar-refractivity contribution is -0.123. The average Bonchev–Trinajstić information content (AvgIpc) is 2.89. The molecule has 1 heterocycles. The first-order valence-electron chi connectivity index (χ1n) is 11.3. The molecule has 0 spiro atoms. The Kier molecular flexibility index (Phi) is 7.19. The maximum atomic E-state index is 13.2. The van der Waals surface area contributed by atoms with E-state index in [0.717, 1.165) is 35.2 Å². The Morgan fingerprint density at radius 3 is 2.40 bits per heavy atom. The number of rotatable bonds is 7. The van der Waals surface area contributed by atoms with Crippen LogP contribution < -0.4 is 19.5 Å². The number of para-hydroxylation sites is 1. The zero-order valence-corrected chi connectivity index (χ0v) is 20.3. The molecule has 0 bridgehead atoms. The number of methoxy groups -OCH3 is 3. The van der Waals surface area contributed by atoms with Gasteiger partial charge in [0.1, 0.15) is 0 Å². The number of hydrogen-bond donors (Lipinski definition) is 1. The summed E-state index contributed by atoms with van der Waals surface area (Å²) in [4.78, 5) is 29.7. The molecule has 1 amide bonds. The number of benzene rings is 2. The molecule has 182 valence electrons. The van der Waals surface area contributed by atoms with Crippen LogP contribution in [0.2, 0.25) is 0 Å². The number of fused-ring (bicyclic) bond motifs is 2. The summed E-state index contributed by atoms with van der Waals surface area (Å²) in [6.07, 6.45) is 4.36. The molecule has 4 rings (SSSR count). The first-order chi connectivity index (χ1) is 17.0. The Balaban J connectivity index is 1.85. The number of nitrogens with one attached hydrogen (secondary N) is 1. The van der Waals surface area contributed by atoms with Gasteiger partial charge in [-0.1, -0.05) is 18.2 Å². The Bertz CT molecular complexity index is 1290. The van der Waals surface area contributed by atoms with Gasteiger partial charge >= 0.3 is 5.97 Å². The van der Waals surface area contributed by atoms with Gasteiger partial charge in [-0.15, -0.1) is 0 Å². The molecule has 1 aliphatic carbocycles. The molecule has 0 saturated heterocycles. The van der Waals surface area contributed by atoms with E-state index in [1.807, 2.05) is 42.5 Å². The van der Waals surface area contributed by atoms with E-state index in [4.69, 9.17) is 23.9 Å². The van der Waals surface area contributed by atoms with Crippen LogP contribution in [-0.2, 0) is 16.0 Å². The number of nitrogens with zero attached hydrogens (tertiary/aromatic N) is 1. The highest BCUT2D eigenvalue weighted by molar-refractivity contribution is 6.07. The highest BCUT2D eigenvalue weighted by Crippen LogP contribution is 2.41. The smallest absolute Gasteiger partial charge is 0.339 e. The Hall–Kier alpha value is -4.07. The predicted molar refractivity (Wildman–Crippen MR) is 133 cm³/mol. The molecule has 0 fully saturated rings. The summed E-state index contributed by atoms with van der Waals surface area (Å²) in [5.74, 6) is 0.733. The number of likely N-dealkylation sites (N-methyl/N-ethyl adjacent to an activating group) is 1. The number of esters is 1. The molecule has 1 aromatic heterocycles. The van der Waals surface area contributed by atoms with Crippen LogP contribution in [0.25, 0.3) is 22.6 Å². The molecule has 8 nitrogen and oxygen atoms in total. The summed E-state index contributed by atoms with van der Waals surface area (Å²) >= 11 is 0. The van der Waals surface area contributed by atoms with E-state index in [1.165, 1.54) is 7.05 Å². The standard InChI is InChI=1S/C27H28N2O6/c1-28-23(30)15-35-27(31)24-18-9-5-6-11-20(18)29-25-17(8-7-10-19(24)25)12-16-13-21(32-2)26(34-4)22(14-16)33-3/h5-6,9,11-14H,7-8,10,15H2,1-4H3,(H,28,30)/b17-12+. The van der Waals surface area contributed by atoms with Crippen LogP contribution >= 0.6 is 0 Å². The van der Waals surface area contributed by atoms with Crippen LogP contribution in [0.3, 0.4) is 0 Å². The van der Waals surface area contributed by atoms with Crippen LogP contribution in [0.5, 0.6) is 17.2 Å². The zero-order chi connectivity index (χ0) is 24.9. The number of amides is 1. The van der Waals surface area contributed by atoms with E-state index in [2.05, 4.69) is 5.32 Å². The van der Waals surface area contributed by atoms with Crippen molar-refractivity contribution in [2.45, 2.75) is 19.3 Å². The van der Waals surface area contributed by atoms with E-state index < -0.39 is 5.97 Å². The number of aromatic nitrogens is 1. The van der Waals surface area contributed by atoms with Crippen molar-refractivity contribution in [1.29, 1.82) is 0 Å². The van der Waals surface area contributed by atoms with Crippen molar-refractivity contribution in [3.63, 3.8) is 0 Å². The lowest BCUT2D eigenvalue weighted by Gasteiger charge is -2.22. The third-order valence-corrected chi connectivity index (χ3v) is 6.02. The summed E-state index contributed by atoms with van der Waals surface area (Å²) in [6.45, 7) is -0.338. The predicted octanol–water partition coefficient (Wildman–Crippen LogP) is 4.04. The first-order valence-corrected chi connectivity index (χ1v) is 11.3. The zero-order valence-electron chi connectivity index (χ0n) is 20.3. The molecule has 1 aliphatic rings. The molecule has 8 heteroatoms. The van der Waals surface area contributed by atoms with Gasteiger partial charge in [-0.2, -0.15) is 0 Å². The van der Waals surface area contributed by atoms with Crippen molar-refractivity contribution < 1.29 is 28.5 Å². The summed E-state index contributed by atoms with van der Waals surface area (Å²) in [7, 11) is 6.22. The molecule has 1 N–H and O–H groups in total. The van der Waals surface area contributed by atoms with Crippen LogP contribution in [0.1, 0.15) is 40.0 Å². The normalized spacial score (nSPS) is 13.8. The minimum atomic E-state index is -0.530. The minimum absolute atomic E-state index is 0.338. The molecule has 2 aromatic carbocycles. The first kappa shape index (κ1) is 24.1. The molecule has 35 heavy (non-hydrogen) atoms. The van der Waals surface area contributed by atoms with Crippen LogP contribution in [0.4, 0.5) is 0 Å². The molecule has 0 atom stereocenters. The summed E-state index contributed by atoms with van der Waals surface area (Å²) < 4.78 is 21.8. The Morgan fingerprint density at radius 2 is 1.74 bits per heavy atom. The minimum Gasteiger partial charge on any atom is -0.493 e. The van der Waals surface area contributed by atoms with Crippen molar-refractivity contribution >= 4 is 34.4 Å². The summed E-state index contributed by atoms with van der Waals surface area (Å²) in [5.41, 5.74) is 4.60. The maximum absolute atomic E-state index is 13.2. The number of carbonyl (C=O) groups is 2. The Morgan fingerprint density at radius 1 is 1.03 bits per heavy atom. The van der Waals surface area contributed by atoms with E-state index in [1.54, 1.807) is 21.3 Å². The number of allylic oxidation sites excluding steroid dienone is 1. The second-order valence-corrected chi connectivity index (χ2v) is 8.06. The van der Waals surface area contributed by atoms with Crippen molar-refractivity contribution in [3.05, 3.63) is 58.8 Å². The van der Waals surface area contributed by atoms with Crippen LogP contribution in [0.15, 0.2) is 36.4 Å². The molecular weight excluding hydrogens is 448 g/mol. The van der Waals surface area contributed by atoms with Crippen molar-refractivity contribution in [3.8, 4) is 17.2 Å². The second-order valence-electron chi connectivity index (χ2n) is 8.06. The van der Waals surface area contributed by atoms with Gasteiger partial charge in [0.15, 0.2) is 18.1 Å². The summed E-state index contributed by atoms with van der Waals surface area (Å²) in [5, 5.41) is 3.18. The van der Waals surface area contributed by atoms with E-state index in [0.29, 0.717) is 40.1 Å². The third-order valence-electron chi connectivity index (χ3n) is 6.02. The van der Waals surface area contributed by atoms with Gasteiger partial charge in [-0.25, -0.2) is 9.78 Å². The van der Waals surface area contributed by atoms with Gasteiger partial charge in [-0.3, -0.25) is 4.79 Å². The van der Waals surface area contributed by atoms with E-state index in [9.17, 15) is 9.59 Å². The van der Waals surface area contributed by atoms with Crippen LogP contribution in [-0.4, -0.2) is 51.8 Å². The fourth-order valence-electron chi connectivity index (χ4n) is 4.37. The van der Waals surface area contributed by atoms with Crippen LogP contribution in [0, 0.1) is 0 Å². The molecular formula is C27H28N2O6. The number of ether oxygens (including phenoxy) is 4. The molecule has 0 unspecified atom stereocenters. The average molecular weight is 477 g/mol. The lowest BCUT2D eigenvalue weighted by atomic mass is 9.86. The van der Waals surface area contributed by atoms with Crippen molar-refractivity contribution in [1.82, 2.24) is 10.3 Å². The van der Waals surface area contributed by atoms with Gasteiger partial charge in [0, 0.05) is 12.4 Å². The van der Waals surface area contributed by atoms with E-state index >= 15 is 0 Å². The number of carbonyl (C=O) groups excluding carboxylic acids is 2. The number of hydrogen-bond acceptors (Lipinski definition) is 7. The monoisotopic (exact) mass is 476 g/mol. The number of pyridine rings is 1. The topological polar surface area (TPSA) is 96.0 Å². The summed E-state index contributed by atoms with van der Waals surface area (Å²) in [6, 6.07) is 11.2. The molecule has 3 aromatic rings. The lowest BCUT2D eigenvalue weighted by Crippen LogP contribution is -2.26. The molecule has 0 aliphatic heterocycles. The van der Waals surface area contributed by atoms with Gasteiger partial charge in [0.25, 0.3) is 5.91 Å². The van der Waals surface area contributed by atoms with Gasteiger partial charge in [-0.05, 0) is 60.2 Å². The van der Waals surface area contributed by atoms with Gasteiger partial charge in [0.05, 0.1) is 38.1 Å². The van der Waals surface area contributed by atoms with Gasteiger partial charge in [0.2, 0.25) is 5.75 Å². The fourth-order valence-corrected chi connectivity index (χ4v) is 4.37. The highest BCUT2D eigenvalue weighted by atomic mass is 16.5. The second kappa shape index (κ2) is 10.5. The Labute approximate surface area is 203 Å². The SMILES string of the molecule is CNC(=O)COC(=O)c1c2c(nc3ccccc13)/C(=C/c1cc(OC)c(OC)c(OC)c1)CCC2. The molecule has 0 saturated carbocycles. The van der Waals surface area contributed by atoms with Crippen molar-refractivity contribution in [2.75, 3.05) is 35.0 Å². The van der Waals surface area contributed by atoms with E-state index in [-0.39, 0.29) is 12.5 Å². The largest absolute Gasteiger partial charge is 0.493 e. The quantitative estimate of drug-likeness (QED) is 0.514. The van der Waals surface area contributed by atoms with Crippen molar-refractivity contribution in [2.24, 2.45) is 0 Å². The molecule has 0 radical (unpaired) electrons. The fraction of sp³-hybridized carbons (Fsp3) is 0.296.